The number of carbonyl (C=O) groups is 1. The van der Waals surface area contributed by atoms with Crippen LogP contribution in [-0.2, 0) is 11.3 Å². The Hall–Kier alpha value is -2.84. The van der Waals surface area contributed by atoms with Gasteiger partial charge in [0.1, 0.15) is 0 Å². The van der Waals surface area contributed by atoms with Crippen LogP contribution in [0.25, 0.3) is 33.4 Å². The normalized spacial score (nSPS) is 11.0. The first kappa shape index (κ1) is 19.5. The fourth-order valence-corrected chi connectivity index (χ4v) is 3.79. The number of ether oxygens (including phenoxy) is 1. The lowest BCUT2D eigenvalue weighted by atomic mass is 10.0. The summed E-state index contributed by atoms with van der Waals surface area (Å²) in [7, 11) is 1.67. The molecule has 0 aliphatic rings. The number of aromatic nitrogens is 2. The molecule has 2 aromatic heterocycles. The third-order valence-corrected chi connectivity index (χ3v) is 5.33. The van der Waals surface area contributed by atoms with E-state index < -0.39 is 5.97 Å². The number of nitrogens with zero attached hydrogens (tertiary/aromatic N) is 2. The minimum atomic E-state index is -0.981. The van der Waals surface area contributed by atoms with E-state index in [9.17, 15) is 9.90 Å². The maximum Gasteiger partial charge on any atom is 0.336 e. The lowest BCUT2D eigenvalue weighted by molar-refractivity contribution is 0.0699. The molecule has 0 atom stereocenters. The number of pyridine rings is 2. The van der Waals surface area contributed by atoms with Crippen LogP contribution in [-0.4, -0.2) is 28.2 Å². The average Bonchev–Trinajstić information content (AvgIpc) is 2.74. The molecule has 0 amide bonds. The van der Waals surface area contributed by atoms with E-state index in [1.807, 2.05) is 54.6 Å². The lowest BCUT2D eigenvalue weighted by Crippen LogP contribution is -2.01. The number of fused-ring (bicyclic) bond motifs is 1. The van der Waals surface area contributed by atoms with Crippen LogP contribution >= 0.6 is 22.6 Å². The molecule has 6 heteroatoms. The van der Waals surface area contributed by atoms with Gasteiger partial charge in [0, 0.05) is 27.8 Å². The number of carboxylic acid groups (broad SMARTS) is 1. The van der Waals surface area contributed by atoms with Gasteiger partial charge in [-0.3, -0.25) is 4.98 Å². The number of carboxylic acids is 1. The Labute approximate surface area is 181 Å². The second-order valence-electron chi connectivity index (χ2n) is 6.54. The molecule has 0 aliphatic carbocycles. The van der Waals surface area contributed by atoms with Crippen molar-refractivity contribution in [2.24, 2.45) is 0 Å². The highest BCUT2D eigenvalue weighted by molar-refractivity contribution is 14.1. The zero-order valence-corrected chi connectivity index (χ0v) is 17.8. The van der Waals surface area contributed by atoms with Crippen LogP contribution in [0.5, 0.6) is 0 Å². The molecular formula is C23H17IN2O3. The molecule has 29 heavy (non-hydrogen) atoms. The van der Waals surface area contributed by atoms with Gasteiger partial charge in [-0.05, 0) is 64.0 Å². The summed E-state index contributed by atoms with van der Waals surface area (Å²) in [5.41, 5.74) is 5.12. The van der Waals surface area contributed by atoms with E-state index >= 15 is 0 Å². The summed E-state index contributed by atoms with van der Waals surface area (Å²) in [5, 5.41) is 10.3. The minimum Gasteiger partial charge on any atom is -0.478 e. The third kappa shape index (κ3) is 3.99. The van der Waals surface area contributed by atoms with Crippen molar-refractivity contribution >= 4 is 39.5 Å². The lowest BCUT2D eigenvalue weighted by Gasteiger charge is -2.10. The molecule has 0 radical (unpaired) electrons. The Balaban J connectivity index is 1.78. The van der Waals surface area contributed by atoms with Crippen LogP contribution in [0, 0.1) is 3.57 Å². The van der Waals surface area contributed by atoms with Gasteiger partial charge in [-0.15, -0.1) is 0 Å². The largest absolute Gasteiger partial charge is 0.478 e. The van der Waals surface area contributed by atoms with Gasteiger partial charge in [0.25, 0.3) is 0 Å². The summed E-state index contributed by atoms with van der Waals surface area (Å²) in [5.74, 6) is -0.981. The van der Waals surface area contributed by atoms with Crippen molar-refractivity contribution in [3.8, 4) is 22.5 Å². The first-order valence-electron chi connectivity index (χ1n) is 8.94. The van der Waals surface area contributed by atoms with Crippen LogP contribution in [0.4, 0.5) is 0 Å². The molecule has 0 saturated heterocycles. The summed E-state index contributed by atoms with van der Waals surface area (Å²) in [4.78, 5) is 21.0. The molecule has 5 nitrogen and oxygen atoms in total. The van der Waals surface area contributed by atoms with E-state index in [1.54, 1.807) is 19.4 Å². The third-order valence-electron chi connectivity index (χ3n) is 4.66. The zero-order valence-electron chi connectivity index (χ0n) is 15.6. The average molecular weight is 496 g/mol. The van der Waals surface area contributed by atoms with Gasteiger partial charge in [-0.25, -0.2) is 9.78 Å². The second-order valence-corrected chi connectivity index (χ2v) is 7.79. The number of methoxy groups -OCH3 is 1. The fourth-order valence-electron chi connectivity index (χ4n) is 3.29. The van der Waals surface area contributed by atoms with Crippen molar-refractivity contribution in [2.45, 2.75) is 6.61 Å². The predicted molar refractivity (Wildman–Crippen MR) is 121 cm³/mol. The van der Waals surface area contributed by atoms with Gasteiger partial charge in [0.2, 0.25) is 0 Å². The van der Waals surface area contributed by atoms with Crippen molar-refractivity contribution in [3.05, 3.63) is 81.6 Å². The fraction of sp³-hybridized carbons (Fsp3) is 0.0870. The van der Waals surface area contributed by atoms with Crippen molar-refractivity contribution in [1.82, 2.24) is 9.97 Å². The molecule has 1 N–H and O–H groups in total. The van der Waals surface area contributed by atoms with Crippen molar-refractivity contribution in [3.63, 3.8) is 0 Å². The number of halogens is 1. The molecule has 0 bridgehead atoms. The van der Waals surface area contributed by atoms with E-state index in [-0.39, 0.29) is 5.56 Å². The Morgan fingerprint density at radius 1 is 1.07 bits per heavy atom. The molecule has 0 fully saturated rings. The first-order valence-corrected chi connectivity index (χ1v) is 10.0. The monoisotopic (exact) mass is 496 g/mol. The zero-order chi connectivity index (χ0) is 20.4. The minimum absolute atomic E-state index is 0.222. The topological polar surface area (TPSA) is 72.3 Å². The number of hydrogen-bond acceptors (Lipinski definition) is 4. The highest BCUT2D eigenvalue weighted by Crippen LogP contribution is 2.28. The highest BCUT2D eigenvalue weighted by atomic mass is 127. The SMILES string of the molecule is COCc1ccccc1-c1ccc(-c2cc(C(=O)O)c3cc(I)ccc3n2)nc1. The number of rotatable bonds is 5. The smallest absolute Gasteiger partial charge is 0.336 e. The van der Waals surface area contributed by atoms with E-state index in [0.717, 1.165) is 20.3 Å². The Kier molecular flexibility index (Phi) is 5.55. The van der Waals surface area contributed by atoms with Crippen LogP contribution in [0.3, 0.4) is 0 Å². The molecule has 2 heterocycles. The Bertz CT molecular complexity index is 1210. The van der Waals surface area contributed by atoms with Crippen LogP contribution < -0.4 is 0 Å². The molecule has 0 unspecified atom stereocenters. The Morgan fingerprint density at radius 2 is 1.90 bits per heavy atom. The van der Waals surface area contributed by atoms with E-state index in [0.29, 0.717) is 28.9 Å². The van der Waals surface area contributed by atoms with Gasteiger partial charge < -0.3 is 9.84 Å². The number of benzene rings is 2. The molecule has 0 aliphatic heterocycles. The summed E-state index contributed by atoms with van der Waals surface area (Å²) < 4.78 is 6.24. The number of hydrogen-bond donors (Lipinski definition) is 1. The molecule has 144 valence electrons. The number of aromatic carboxylic acids is 1. The molecule has 2 aromatic carbocycles. The van der Waals surface area contributed by atoms with Crippen LogP contribution in [0.2, 0.25) is 0 Å². The van der Waals surface area contributed by atoms with Crippen LogP contribution in [0.1, 0.15) is 15.9 Å². The van der Waals surface area contributed by atoms with Crippen LogP contribution in [0.15, 0.2) is 66.9 Å². The van der Waals surface area contributed by atoms with E-state index in [1.165, 1.54) is 0 Å². The summed E-state index contributed by atoms with van der Waals surface area (Å²) in [6.07, 6.45) is 1.78. The van der Waals surface area contributed by atoms with Crippen molar-refractivity contribution in [1.29, 1.82) is 0 Å². The molecular weight excluding hydrogens is 479 g/mol. The van der Waals surface area contributed by atoms with Crippen molar-refractivity contribution < 1.29 is 14.6 Å². The molecule has 4 aromatic rings. The second kappa shape index (κ2) is 8.26. The predicted octanol–water partition coefficient (Wildman–Crippen LogP) is 5.41. The van der Waals surface area contributed by atoms with Crippen molar-refractivity contribution in [2.75, 3.05) is 7.11 Å². The van der Waals surface area contributed by atoms with E-state index in [2.05, 4.69) is 32.6 Å². The van der Waals surface area contributed by atoms with Gasteiger partial charge in [0.15, 0.2) is 0 Å². The van der Waals surface area contributed by atoms with Gasteiger partial charge in [-0.1, -0.05) is 30.3 Å². The summed E-state index contributed by atoms with van der Waals surface area (Å²) in [6.45, 7) is 0.519. The highest BCUT2D eigenvalue weighted by Gasteiger charge is 2.14. The van der Waals surface area contributed by atoms with Gasteiger partial charge in [-0.2, -0.15) is 0 Å². The van der Waals surface area contributed by atoms with Gasteiger partial charge >= 0.3 is 5.97 Å². The molecule has 0 saturated carbocycles. The van der Waals surface area contributed by atoms with Gasteiger partial charge in [0.05, 0.1) is 29.1 Å². The quantitative estimate of drug-likeness (QED) is 0.374. The molecule has 0 spiro atoms. The standard InChI is InChI=1S/C23H17IN2O3/c1-29-13-15-4-2-3-5-17(15)14-6-8-21(25-12-14)22-11-19(23(27)28)18-10-16(24)7-9-20(18)26-22/h2-12H,13H2,1H3,(H,27,28). The first-order chi connectivity index (χ1) is 14.1. The summed E-state index contributed by atoms with van der Waals surface area (Å²) >= 11 is 2.16. The maximum absolute atomic E-state index is 11.8. The Morgan fingerprint density at radius 3 is 2.62 bits per heavy atom. The maximum atomic E-state index is 11.8. The van der Waals surface area contributed by atoms with E-state index in [4.69, 9.17) is 4.74 Å². The molecule has 4 rings (SSSR count). The summed E-state index contributed by atoms with van der Waals surface area (Å²) in [6, 6.07) is 19.0.